The summed E-state index contributed by atoms with van der Waals surface area (Å²) in [4.78, 5) is 15.2. The average molecular weight is 517 g/mol. The lowest BCUT2D eigenvalue weighted by Crippen LogP contribution is -2.51. The fourth-order valence-corrected chi connectivity index (χ4v) is 5.05. The van der Waals surface area contributed by atoms with E-state index in [4.69, 9.17) is 11.3 Å². The van der Waals surface area contributed by atoms with E-state index >= 15 is 0 Å². The van der Waals surface area contributed by atoms with E-state index in [2.05, 4.69) is 56.7 Å². The van der Waals surface area contributed by atoms with Crippen molar-refractivity contribution in [1.29, 1.82) is 0 Å². The van der Waals surface area contributed by atoms with E-state index in [1.807, 2.05) is 33.9 Å². The molecule has 1 fully saturated rings. The van der Waals surface area contributed by atoms with Crippen LogP contribution in [-0.2, 0) is 11.5 Å². The minimum Gasteiger partial charge on any atom is -0.361 e. The monoisotopic (exact) mass is 516 g/mol. The van der Waals surface area contributed by atoms with Crippen molar-refractivity contribution in [3.63, 3.8) is 0 Å². The van der Waals surface area contributed by atoms with Crippen molar-refractivity contribution in [2.75, 3.05) is 39.3 Å². The van der Waals surface area contributed by atoms with Crippen LogP contribution in [0.4, 0.5) is 0 Å². The molecule has 4 rings (SSSR count). The fourth-order valence-electron chi connectivity index (χ4n) is 4.29. The maximum atomic E-state index is 7.45. The van der Waals surface area contributed by atoms with Crippen molar-refractivity contribution in [2.45, 2.75) is 51.4 Å². The van der Waals surface area contributed by atoms with Crippen LogP contribution >= 0.6 is 12.4 Å². The van der Waals surface area contributed by atoms with Gasteiger partial charge in [0.1, 0.15) is 24.7 Å². The quantitative estimate of drug-likeness (QED) is 0.251. The first-order valence-electron chi connectivity index (χ1n) is 12.1. The molecule has 1 N–H and O–H groups in total. The van der Waals surface area contributed by atoms with E-state index in [-0.39, 0.29) is 18.4 Å². The van der Waals surface area contributed by atoms with Gasteiger partial charge in [-0.2, -0.15) is 5.10 Å². The Balaban J connectivity index is 0.00000342. The lowest BCUT2D eigenvalue weighted by atomic mass is 10.1. The zero-order chi connectivity index (χ0) is 24.1. The van der Waals surface area contributed by atoms with Crippen LogP contribution in [0, 0.1) is 6.57 Å². The number of ether oxygens (including phenoxy) is 1. The van der Waals surface area contributed by atoms with Gasteiger partial charge in [0.2, 0.25) is 6.54 Å². The number of nitrogens with one attached hydrogen (secondary N) is 1. The van der Waals surface area contributed by atoms with E-state index in [0.717, 1.165) is 61.1 Å². The molecule has 0 radical (unpaired) electrons. The largest absolute Gasteiger partial charge is 0.361 e. The van der Waals surface area contributed by atoms with E-state index in [9.17, 15) is 0 Å². The number of piperazine rings is 1. The molecular weight excluding hydrogens is 480 g/mol. The van der Waals surface area contributed by atoms with Crippen LogP contribution in [0.1, 0.15) is 13.0 Å². The van der Waals surface area contributed by atoms with E-state index in [1.54, 1.807) is 6.33 Å². The molecule has 2 atom stereocenters. The number of rotatable bonds is 10. The molecule has 1 aliphatic heterocycles. The zero-order valence-electron chi connectivity index (χ0n) is 21.1. The summed E-state index contributed by atoms with van der Waals surface area (Å²) < 4.78 is 9.90. The predicted octanol–water partition coefficient (Wildman–Crippen LogP) is 3.78. The standard InChI is InChI=1S/C24H36N8OSi.ClH/c1-19-12-26-7-9-30(19)16-21(14-25-2)32-15-20(13-29-32)23-22-6-8-31(24(22)28-17-27-23)18-33-10-11-34(3,4)5;/h6,8,13,15,17,19,21,26H,7,9-12,14,16,18H2,1,3-5H3;1H/t19-,21?;/m1./s1. The second-order valence-electron chi connectivity index (χ2n) is 10.3. The van der Waals surface area contributed by atoms with Crippen LogP contribution in [0.3, 0.4) is 0 Å². The second-order valence-corrected chi connectivity index (χ2v) is 16.0. The molecular formula is C24H37ClN8OSi. The molecule has 0 spiro atoms. The van der Waals surface area contributed by atoms with Gasteiger partial charge in [-0.15, -0.1) is 12.4 Å². The Hall–Kier alpha value is -2.29. The summed E-state index contributed by atoms with van der Waals surface area (Å²) in [7, 11) is -1.11. The Labute approximate surface area is 215 Å². The highest BCUT2D eigenvalue weighted by Gasteiger charge is 2.25. The third kappa shape index (κ3) is 6.89. The third-order valence-electron chi connectivity index (χ3n) is 6.42. The van der Waals surface area contributed by atoms with E-state index < -0.39 is 8.07 Å². The van der Waals surface area contributed by atoms with Crippen molar-refractivity contribution in [3.05, 3.63) is 42.4 Å². The predicted molar refractivity (Wildman–Crippen MR) is 145 cm³/mol. The summed E-state index contributed by atoms with van der Waals surface area (Å²) in [5, 5.41) is 9.05. The van der Waals surface area contributed by atoms with Gasteiger partial charge in [0.25, 0.3) is 0 Å². The van der Waals surface area contributed by atoms with Gasteiger partial charge in [-0.25, -0.2) is 16.5 Å². The Bertz CT molecular complexity index is 1130. The molecule has 3 aromatic rings. The summed E-state index contributed by atoms with van der Waals surface area (Å²) in [5.41, 5.74) is 2.65. The number of halogens is 1. The Morgan fingerprint density at radius 1 is 1.31 bits per heavy atom. The summed E-state index contributed by atoms with van der Waals surface area (Å²) in [6.07, 6.45) is 7.48. The Kier molecular flexibility index (Phi) is 9.44. The van der Waals surface area contributed by atoms with E-state index in [1.165, 1.54) is 0 Å². The molecule has 0 aromatic carbocycles. The van der Waals surface area contributed by atoms with Gasteiger partial charge in [0, 0.05) is 70.2 Å². The first-order chi connectivity index (χ1) is 16.4. The highest BCUT2D eigenvalue weighted by atomic mass is 35.5. The van der Waals surface area contributed by atoms with Crippen molar-refractivity contribution in [3.8, 4) is 11.3 Å². The van der Waals surface area contributed by atoms with E-state index in [0.29, 0.717) is 19.3 Å². The van der Waals surface area contributed by atoms with Gasteiger partial charge in [0.15, 0.2) is 0 Å². The summed E-state index contributed by atoms with van der Waals surface area (Å²) in [6.45, 7) is 22.2. The Morgan fingerprint density at radius 2 is 2.14 bits per heavy atom. The summed E-state index contributed by atoms with van der Waals surface area (Å²) in [5.74, 6) is 0. The summed E-state index contributed by atoms with van der Waals surface area (Å²) >= 11 is 0. The van der Waals surface area contributed by atoms with Crippen molar-refractivity contribution < 1.29 is 4.74 Å². The summed E-state index contributed by atoms with van der Waals surface area (Å²) in [6, 6.07) is 3.65. The number of hydrogen-bond donors (Lipinski definition) is 1. The van der Waals surface area contributed by atoms with Crippen LogP contribution < -0.4 is 5.32 Å². The lowest BCUT2D eigenvalue weighted by Gasteiger charge is -2.35. The topological polar surface area (TPSA) is 77.4 Å². The normalized spacial score (nSPS) is 17.7. The highest BCUT2D eigenvalue weighted by Crippen LogP contribution is 2.27. The minimum atomic E-state index is -1.11. The first kappa shape index (κ1) is 27.3. The number of aromatic nitrogens is 5. The molecule has 1 saturated heterocycles. The maximum absolute atomic E-state index is 7.45. The number of fused-ring (bicyclic) bond motifs is 1. The lowest BCUT2D eigenvalue weighted by molar-refractivity contribution is 0.0899. The fraction of sp³-hybridized carbons (Fsp3) is 0.583. The molecule has 4 heterocycles. The van der Waals surface area contributed by atoms with Crippen LogP contribution in [0.15, 0.2) is 31.0 Å². The van der Waals surface area contributed by atoms with Gasteiger partial charge < -0.3 is 19.5 Å². The van der Waals surface area contributed by atoms with Crippen molar-refractivity contribution in [1.82, 2.24) is 34.5 Å². The number of nitrogens with zero attached hydrogens (tertiary/aromatic N) is 7. The van der Waals surface area contributed by atoms with Gasteiger partial charge in [-0.1, -0.05) is 19.6 Å². The molecule has 0 aliphatic carbocycles. The Morgan fingerprint density at radius 3 is 2.89 bits per heavy atom. The SMILES string of the molecule is Cl.[C-]#[N+]CC(CN1CCNC[C@H]1C)n1cc(-c2ncnc3c2ccn3COCC[Si](C)(C)C)cn1. The molecule has 3 aromatic heterocycles. The average Bonchev–Trinajstić information content (AvgIpc) is 3.45. The molecule has 190 valence electrons. The van der Waals surface area contributed by atoms with Gasteiger partial charge in [-0.3, -0.25) is 9.58 Å². The van der Waals surface area contributed by atoms with Crippen molar-refractivity contribution in [2.24, 2.45) is 0 Å². The molecule has 1 aliphatic rings. The van der Waals surface area contributed by atoms with Crippen LogP contribution in [0.25, 0.3) is 27.1 Å². The first-order valence-corrected chi connectivity index (χ1v) is 15.8. The van der Waals surface area contributed by atoms with Crippen LogP contribution in [0.5, 0.6) is 0 Å². The third-order valence-corrected chi connectivity index (χ3v) is 8.12. The van der Waals surface area contributed by atoms with Gasteiger partial charge in [0.05, 0.1) is 11.9 Å². The molecule has 0 saturated carbocycles. The maximum Gasteiger partial charge on any atom is 0.238 e. The highest BCUT2D eigenvalue weighted by molar-refractivity contribution is 6.76. The zero-order valence-corrected chi connectivity index (χ0v) is 23.0. The molecule has 9 nitrogen and oxygen atoms in total. The number of hydrogen-bond acceptors (Lipinski definition) is 6. The molecule has 35 heavy (non-hydrogen) atoms. The minimum absolute atomic E-state index is 0. The van der Waals surface area contributed by atoms with Crippen molar-refractivity contribution >= 4 is 31.5 Å². The van der Waals surface area contributed by atoms with Gasteiger partial charge in [-0.05, 0) is 19.0 Å². The van der Waals surface area contributed by atoms with Crippen LogP contribution in [0.2, 0.25) is 25.7 Å². The van der Waals surface area contributed by atoms with Gasteiger partial charge >= 0.3 is 0 Å². The second kappa shape index (κ2) is 12.1. The molecule has 1 unspecified atom stereocenters. The smallest absolute Gasteiger partial charge is 0.238 e. The molecule has 11 heteroatoms. The molecule has 0 bridgehead atoms. The molecule has 0 amide bonds. The van der Waals surface area contributed by atoms with Crippen LogP contribution in [-0.4, -0.2) is 82.7 Å².